The zero-order chi connectivity index (χ0) is 24.7. The van der Waals surface area contributed by atoms with E-state index in [2.05, 4.69) is 9.98 Å². The minimum absolute atomic E-state index is 0.200. The predicted octanol–water partition coefficient (Wildman–Crippen LogP) is 7.93. The second-order valence-corrected chi connectivity index (χ2v) is 8.25. The van der Waals surface area contributed by atoms with Gasteiger partial charge in [-0.05, 0) is 47.5 Å². The summed E-state index contributed by atoms with van der Waals surface area (Å²) in [6, 6.07) is 38.3. The average Bonchev–Trinajstić information content (AvgIpc) is 2.93. The number of phenols is 2. The molecule has 5 aromatic carbocycles. The van der Waals surface area contributed by atoms with E-state index >= 15 is 0 Å². The minimum atomic E-state index is 0.200. The Morgan fingerprint density at radius 1 is 0.417 bits per heavy atom. The monoisotopic (exact) mass is 468 g/mol. The van der Waals surface area contributed by atoms with Crippen LogP contribution in [-0.2, 0) is 0 Å². The molecule has 0 aliphatic rings. The summed E-state index contributed by atoms with van der Waals surface area (Å²) in [7, 11) is 0. The van der Waals surface area contributed by atoms with E-state index in [9.17, 15) is 10.2 Å². The molecular weight excluding hydrogens is 444 g/mol. The number of hydrogen-bond donors (Lipinski definition) is 2. The van der Waals surface area contributed by atoms with E-state index in [4.69, 9.17) is 0 Å². The van der Waals surface area contributed by atoms with Crippen molar-refractivity contribution in [3.05, 3.63) is 132 Å². The molecule has 0 spiro atoms. The third kappa shape index (κ3) is 5.08. The molecule has 0 heterocycles. The number of benzene rings is 5. The highest BCUT2D eigenvalue weighted by molar-refractivity contribution is 5.91. The van der Waals surface area contributed by atoms with Crippen molar-refractivity contribution in [2.75, 3.05) is 0 Å². The van der Waals surface area contributed by atoms with Gasteiger partial charge < -0.3 is 10.2 Å². The van der Waals surface area contributed by atoms with E-state index < -0.39 is 0 Å². The molecule has 36 heavy (non-hydrogen) atoms. The van der Waals surface area contributed by atoms with Crippen LogP contribution >= 0.6 is 0 Å². The van der Waals surface area contributed by atoms with Crippen LogP contribution in [0.2, 0.25) is 0 Å². The average molecular weight is 469 g/mol. The van der Waals surface area contributed by atoms with Gasteiger partial charge in [0.05, 0.1) is 11.4 Å². The topological polar surface area (TPSA) is 65.2 Å². The molecule has 4 nitrogen and oxygen atoms in total. The first-order chi connectivity index (χ1) is 17.7. The van der Waals surface area contributed by atoms with Crippen LogP contribution in [0.15, 0.2) is 131 Å². The Morgan fingerprint density at radius 3 is 1.19 bits per heavy atom. The Hall–Kier alpha value is -4.96. The maximum absolute atomic E-state index is 10.7. The fourth-order valence-electron chi connectivity index (χ4n) is 3.95. The van der Waals surface area contributed by atoms with Crippen molar-refractivity contribution in [2.45, 2.75) is 0 Å². The number of aliphatic imine (C=N–C) groups is 2. The first-order valence-corrected chi connectivity index (χ1v) is 11.6. The molecule has 4 heteroatoms. The minimum Gasteiger partial charge on any atom is -0.507 e. The van der Waals surface area contributed by atoms with Crippen LogP contribution in [0.1, 0.15) is 11.1 Å². The molecule has 0 radical (unpaired) electrons. The van der Waals surface area contributed by atoms with Gasteiger partial charge in [0, 0.05) is 34.7 Å². The van der Waals surface area contributed by atoms with Crippen LogP contribution in [-0.4, -0.2) is 22.6 Å². The van der Waals surface area contributed by atoms with E-state index in [0.29, 0.717) is 11.1 Å². The molecule has 0 saturated heterocycles. The summed E-state index contributed by atoms with van der Waals surface area (Å²) in [5.74, 6) is 0.400. The van der Waals surface area contributed by atoms with Gasteiger partial charge in [-0.3, -0.25) is 9.98 Å². The number of aromatic hydroxyl groups is 2. The molecule has 0 aromatic heterocycles. The molecule has 0 aliphatic heterocycles. The van der Waals surface area contributed by atoms with E-state index in [1.54, 1.807) is 12.4 Å². The van der Waals surface area contributed by atoms with E-state index in [1.165, 1.54) is 0 Å². The quantitative estimate of drug-likeness (QED) is 0.249. The van der Waals surface area contributed by atoms with Crippen molar-refractivity contribution in [2.24, 2.45) is 9.98 Å². The zero-order valence-electron chi connectivity index (χ0n) is 19.5. The SMILES string of the molecule is Oc1c(C=Nc2ccc(N=Cc3cccc(-c4ccccc4)c3O)cc2)cccc1-c1ccccc1. The molecule has 0 saturated carbocycles. The number of phenolic OH excluding ortho intramolecular Hbond substituents is 2. The van der Waals surface area contributed by atoms with E-state index in [0.717, 1.165) is 33.6 Å². The van der Waals surface area contributed by atoms with Crippen molar-refractivity contribution in [1.29, 1.82) is 0 Å². The molecule has 2 N–H and O–H groups in total. The molecule has 5 rings (SSSR count). The summed E-state index contributed by atoms with van der Waals surface area (Å²) >= 11 is 0. The third-order valence-electron chi connectivity index (χ3n) is 5.86. The predicted molar refractivity (Wildman–Crippen MR) is 148 cm³/mol. The maximum Gasteiger partial charge on any atom is 0.132 e. The summed E-state index contributed by atoms with van der Waals surface area (Å²) < 4.78 is 0. The van der Waals surface area contributed by atoms with E-state index in [-0.39, 0.29) is 11.5 Å². The van der Waals surface area contributed by atoms with Crippen LogP contribution in [0, 0.1) is 0 Å². The molecule has 5 aromatic rings. The summed E-state index contributed by atoms with van der Waals surface area (Å²) in [6.07, 6.45) is 3.32. The van der Waals surface area contributed by atoms with Crippen molar-refractivity contribution >= 4 is 23.8 Å². The summed E-state index contributed by atoms with van der Waals surface area (Å²) in [4.78, 5) is 9.03. The number of rotatable bonds is 6. The van der Waals surface area contributed by atoms with Crippen LogP contribution in [0.3, 0.4) is 0 Å². The molecule has 0 aliphatic carbocycles. The Labute approximate surface area is 210 Å². The van der Waals surface area contributed by atoms with Crippen molar-refractivity contribution in [1.82, 2.24) is 0 Å². The largest absolute Gasteiger partial charge is 0.507 e. The number of para-hydroxylation sites is 2. The van der Waals surface area contributed by atoms with Gasteiger partial charge in [0.25, 0.3) is 0 Å². The van der Waals surface area contributed by atoms with Gasteiger partial charge in [-0.2, -0.15) is 0 Å². The van der Waals surface area contributed by atoms with Crippen molar-refractivity contribution < 1.29 is 10.2 Å². The number of hydrogen-bond acceptors (Lipinski definition) is 4. The zero-order valence-corrected chi connectivity index (χ0v) is 19.5. The Bertz CT molecular complexity index is 1410. The van der Waals surface area contributed by atoms with Crippen LogP contribution in [0.5, 0.6) is 11.5 Å². The molecule has 0 amide bonds. The van der Waals surface area contributed by atoms with E-state index in [1.807, 2.05) is 121 Å². The van der Waals surface area contributed by atoms with Gasteiger partial charge in [0.2, 0.25) is 0 Å². The maximum atomic E-state index is 10.7. The fourth-order valence-corrected chi connectivity index (χ4v) is 3.95. The molecule has 0 fully saturated rings. The summed E-state index contributed by atoms with van der Waals surface area (Å²) in [5.41, 5.74) is 6.22. The van der Waals surface area contributed by atoms with Crippen LogP contribution < -0.4 is 0 Å². The van der Waals surface area contributed by atoms with Gasteiger partial charge in [-0.15, -0.1) is 0 Å². The van der Waals surface area contributed by atoms with Gasteiger partial charge in [-0.1, -0.05) is 84.9 Å². The smallest absolute Gasteiger partial charge is 0.132 e. The summed E-state index contributed by atoms with van der Waals surface area (Å²) in [6.45, 7) is 0. The second-order valence-electron chi connectivity index (χ2n) is 8.25. The highest BCUT2D eigenvalue weighted by atomic mass is 16.3. The Morgan fingerprint density at radius 2 is 0.806 bits per heavy atom. The molecule has 0 unspecified atom stereocenters. The lowest BCUT2D eigenvalue weighted by Crippen LogP contribution is -1.86. The Kier molecular flexibility index (Phi) is 6.68. The van der Waals surface area contributed by atoms with Gasteiger partial charge in [0.15, 0.2) is 0 Å². The second kappa shape index (κ2) is 10.5. The Balaban J connectivity index is 1.32. The first kappa shape index (κ1) is 22.8. The van der Waals surface area contributed by atoms with Gasteiger partial charge in [-0.25, -0.2) is 0 Å². The lowest BCUT2D eigenvalue weighted by molar-refractivity contribution is 0.476. The van der Waals surface area contributed by atoms with Crippen molar-refractivity contribution in [3.63, 3.8) is 0 Å². The normalized spacial score (nSPS) is 11.3. The molecule has 0 bridgehead atoms. The lowest BCUT2D eigenvalue weighted by atomic mass is 10.0. The highest BCUT2D eigenvalue weighted by Gasteiger charge is 2.08. The fraction of sp³-hybridized carbons (Fsp3) is 0. The first-order valence-electron chi connectivity index (χ1n) is 11.6. The lowest BCUT2D eigenvalue weighted by Gasteiger charge is -2.07. The third-order valence-corrected chi connectivity index (χ3v) is 5.86. The molecule has 0 atom stereocenters. The standard InChI is InChI=1S/C32H24N2O2/c35-31-25(13-7-15-29(31)23-9-3-1-4-10-23)21-33-27-17-19-28(20-18-27)34-22-26-14-8-16-30(32(26)36)24-11-5-2-6-12-24/h1-22,35-36H. The van der Waals surface area contributed by atoms with Gasteiger partial charge in [0.1, 0.15) is 11.5 Å². The van der Waals surface area contributed by atoms with Crippen molar-refractivity contribution in [3.8, 4) is 33.8 Å². The van der Waals surface area contributed by atoms with Gasteiger partial charge >= 0.3 is 0 Å². The number of nitrogens with zero attached hydrogens (tertiary/aromatic N) is 2. The highest BCUT2D eigenvalue weighted by Crippen LogP contribution is 2.33. The molecular formula is C32H24N2O2. The molecule has 174 valence electrons. The van der Waals surface area contributed by atoms with Crippen LogP contribution in [0.25, 0.3) is 22.3 Å². The summed E-state index contributed by atoms with van der Waals surface area (Å²) in [5, 5.41) is 21.5. The van der Waals surface area contributed by atoms with Crippen LogP contribution in [0.4, 0.5) is 11.4 Å².